The molecule has 0 N–H and O–H groups in total. The zero-order chi connectivity index (χ0) is 15.4. The minimum absolute atomic E-state index is 0.0270. The second-order valence-electron chi connectivity index (χ2n) is 4.52. The summed E-state index contributed by atoms with van der Waals surface area (Å²) in [5, 5.41) is 0. The number of rotatable bonds is 11. The van der Waals surface area contributed by atoms with E-state index in [0.717, 1.165) is 38.2 Å². The molecule has 0 amide bonds. The van der Waals surface area contributed by atoms with Gasteiger partial charge in [-0.05, 0) is 12.8 Å². The first-order valence-corrected chi connectivity index (χ1v) is 6.72. The molecule has 0 aromatic heterocycles. The smallest absolute Gasteiger partial charge is 0.376 e. The molecule has 0 spiro atoms. The summed E-state index contributed by atoms with van der Waals surface area (Å²) in [7, 11) is 0. The fraction of sp³-hybridized carbons (Fsp3) is 0.714. The zero-order valence-electron chi connectivity index (χ0n) is 11.8. The van der Waals surface area contributed by atoms with E-state index in [-0.39, 0.29) is 6.61 Å². The van der Waals surface area contributed by atoms with Crippen molar-refractivity contribution in [2.75, 3.05) is 13.2 Å². The van der Waals surface area contributed by atoms with Crippen LogP contribution in [0.5, 0.6) is 0 Å². The number of carbonyl (C=O) groups excluding carboxylic acids is 2. The second kappa shape index (κ2) is 10.3. The van der Waals surface area contributed by atoms with Crippen molar-refractivity contribution < 1.29 is 27.8 Å². The number of hydrogen-bond donors (Lipinski definition) is 0. The number of hydrogen-bond acceptors (Lipinski definition) is 4. The van der Waals surface area contributed by atoms with Gasteiger partial charge in [-0.15, -0.1) is 0 Å². The maximum absolute atomic E-state index is 12.4. The Balaban J connectivity index is 3.27. The van der Waals surface area contributed by atoms with Gasteiger partial charge in [-0.1, -0.05) is 32.3 Å². The molecule has 0 radical (unpaired) electrons. The lowest BCUT2D eigenvalue weighted by Gasteiger charge is -2.09. The Morgan fingerprint density at radius 3 is 1.90 bits per heavy atom. The molecule has 0 aromatic carbocycles. The molecule has 0 saturated heterocycles. The second-order valence-corrected chi connectivity index (χ2v) is 4.52. The normalized spacial score (nSPS) is 10.9. The van der Waals surface area contributed by atoms with Crippen molar-refractivity contribution in [3.8, 4) is 0 Å². The van der Waals surface area contributed by atoms with E-state index in [1.165, 1.54) is 0 Å². The minimum atomic E-state index is -3.41. The SMILES string of the molecule is C=CC(=O)OCCCCCCCCOC(=O)C(C)(F)F. The number of carbonyl (C=O) groups is 2. The molecule has 0 aliphatic carbocycles. The van der Waals surface area contributed by atoms with Crippen LogP contribution in [0.15, 0.2) is 12.7 Å². The highest BCUT2D eigenvalue weighted by Gasteiger charge is 2.33. The van der Waals surface area contributed by atoms with Crippen LogP contribution in [-0.2, 0) is 19.1 Å². The molecule has 4 nitrogen and oxygen atoms in total. The summed E-state index contributed by atoms with van der Waals surface area (Å²) in [4.78, 5) is 21.4. The van der Waals surface area contributed by atoms with Crippen LogP contribution in [-0.4, -0.2) is 31.1 Å². The highest BCUT2D eigenvalue weighted by molar-refractivity contribution is 5.81. The van der Waals surface area contributed by atoms with Crippen LogP contribution in [0.4, 0.5) is 8.78 Å². The molecule has 0 aromatic rings. The lowest BCUT2D eigenvalue weighted by molar-refractivity contribution is -0.169. The van der Waals surface area contributed by atoms with Crippen LogP contribution in [0, 0.1) is 0 Å². The summed E-state index contributed by atoms with van der Waals surface area (Å²) in [5.74, 6) is -5.30. The molecular formula is C14H22F2O4. The van der Waals surface area contributed by atoms with Gasteiger partial charge in [-0.2, -0.15) is 8.78 Å². The first-order chi connectivity index (χ1) is 9.38. The zero-order valence-corrected chi connectivity index (χ0v) is 11.8. The maximum Gasteiger partial charge on any atom is 0.376 e. The van der Waals surface area contributed by atoms with Crippen molar-refractivity contribution in [2.45, 2.75) is 51.4 Å². The number of unbranched alkanes of at least 4 members (excludes halogenated alkanes) is 5. The van der Waals surface area contributed by atoms with Gasteiger partial charge >= 0.3 is 17.9 Å². The van der Waals surface area contributed by atoms with Crippen molar-refractivity contribution in [1.29, 1.82) is 0 Å². The Kier molecular flexibility index (Phi) is 9.59. The van der Waals surface area contributed by atoms with Gasteiger partial charge in [0.2, 0.25) is 0 Å². The lowest BCUT2D eigenvalue weighted by atomic mass is 10.1. The molecule has 6 heteroatoms. The van der Waals surface area contributed by atoms with Crippen LogP contribution < -0.4 is 0 Å². The summed E-state index contributed by atoms with van der Waals surface area (Å²) in [6.07, 6.45) is 6.12. The molecule has 20 heavy (non-hydrogen) atoms. The Morgan fingerprint density at radius 1 is 1.00 bits per heavy atom. The third-order valence-electron chi connectivity index (χ3n) is 2.54. The van der Waals surface area contributed by atoms with E-state index in [9.17, 15) is 18.4 Å². The molecule has 116 valence electrons. The molecule has 0 aliphatic heterocycles. The molecule has 0 saturated carbocycles. The predicted octanol–water partition coefficient (Wildman–Crippen LogP) is 3.25. The topological polar surface area (TPSA) is 52.6 Å². The van der Waals surface area contributed by atoms with E-state index in [1.807, 2.05) is 0 Å². The van der Waals surface area contributed by atoms with Crippen molar-refractivity contribution in [3.05, 3.63) is 12.7 Å². The Morgan fingerprint density at radius 2 is 1.45 bits per heavy atom. The number of halogens is 2. The summed E-state index contributed by atoms with van der Waals surface area (Å²) in [6.45, 7) is 4.22. The van der Waals surface area contributed by atoms with Crippen molar-refractivity contribution >= 4 is 11.9 Å². The van der Waals surface area contributed by atoms with E-state index < -0.39 is 17.9 Å². The molecule has 0 bridgehead atoms. The predicted molar refractivity (Wildman–Crippen MR) is 70.4 cm³/mol. The quantitative estimate of drug-likeness (QED) is 0.333. The third-order valence-corrected chi connectivity index (χ3v) is 2.54. The van der Waals surface area contributed by atoms with Gasteiger partial charge in [0.25, 0.3) is 0 Å². The third kappa shape index (κ3) is 10.5. The molecule has 0 rings (SSSR count). The highest BCUT2D eigenvalue weighted by Crippen LogP contribution is 2.14. The Labute approximate surface area is 118 Å². The standard InChI is InChI=1S/C14H22F2O4/c1-3-12(17)19-10-8-6-4-5-7-9-11-20-13(18)14(2,15)16/h3H,1,4-11H2,2H3. The molecule has 0 atom stereocenters. The van der Waals surface area contributed by atoms with E-state index in [0.29, 0.717) is 20.0 Å². The fourth-order valence-corrected chi connectivity index (χ4v) is 1.43. The van der Waals surface area contributed by atoms with E-state index in [4.69, 9.17) is 4.74 Å². The Hall–Kier alpha value is -1.46. The van der Waals surface area contributed by atoms with Gasteiger partial charge in [-0.3, -0.25) is 0 Å². The largest absolute Gasteiger partial charge is 0.463 e. The number of ether oxygens (including phenoxy) is 2. The highest BCUT2D eigenvalue weighted by atomic mass is 19.3. The monoisotopic (exact) mass is 292 g/mol. The van der Waals surface area contributed by atoms with Crippen LogP contribution in [0.2, 0.25) is 0 Å². The summed E-state index contributed by atoms with van der Waals surface area (Å²) >= 11 is 0. The van der Waals surface area contributed by atoms with E-state index in [2.05, 4.69) is 11.3 Å². The summed E-state index contributed by atoms with van der Waals surface area (Å²) in [5.41, 5.74) is 0. The first-order valence-electron chi connectivity index (χ1n) is 6.72. The van der Waals surface area contributed by atoms with Gasteiger partial charge < -0.3 is 9.47 Å². The number of alkyl halides is 2. The molecule has 0 unspecified atom stereocenters. The van der Waals surface area contributed by atoms with Crippen molar-refractivity contribution in [2.24, 2.45) is 0 Å². The summed E-state index contributed by atoms with van der Waals surface area (Å²) < 4.78 is 34.1. The van der Waals surface area contributed by atoms with Gasteiger partial charge in [-0.25, -0.2) is 9.59 Å². The first kappa shape index (κ1) is 18.5. The summed E-state index contributed by atoms with van der Waals surface area (Å²) in [6, 6.07) is 0. The molecule has 0 fully saturated rings. The van der Waals surface area contributed by atoms with Crippen LogP contribution >= 0.6 is 0 Å². The fourth-order valence-electron chi connectivity index (χ4n) is 1.43. The van der Waals surface area contributed by atoms with Gasteiger partial charge in [0.15, 0.2) is 0 Å². The van der Waals surface area contributed by atoms with Crippen molar-refractivity contribution in [1.82, 2.24) is 0 Å². The maximum atomic E-state index is 12.4. The molecule has 0 heterocycles. The van der Waals surface area contributed by atoms with E-state index in [1.54, 1.807) is 0 Å². The average Bonchev–Trinajstić information content (AvgIpc) is 2.39. The van der Waals surface area contributed by atoms with Gasteiger partial charge in [0.1, 0.15) is 0 Å². The van der Waals surface area contributed by atoms with Crippen molar-refractivity contribution in [3.63, 3.8) is 0 Å². The van der Waals surface area contributed by atoms with Crippen LogP contribution in [0.25, 0.3) is 0 Å². The van der Waals surface area contributed by atoms with E-state index >= 15 is 0 Å². The Bertz CT molecular complexity index is 311. The van der Waals surface area contributed by atoms with Crippen LogP contribution in [0.3, 0.4) is 0 Å². The van der Waals surface area contributed by atoms with Gasteiger partial charge in [0, 0.05) is 13.0 Å². The number of esters is 2. The average molecular weight is 292 g/mol. The minimum Gasteiger partial charge on any atom is -0.463 e. The lowest BCUT2D eigenvalue weighted by Crippen LogP contribution is -2.27. The molecular weight excluding hydrogens is 270 g/mol. The molecule has 0 aliphatic rings. The van der Waals surface area contributed by atoms with Gasteiger partial charge in [0.05, 0.1) is 13.2 Å². The van der Waals surface area contributed by atoms with Crippen LogP contribution in [0.1, 0.15) is 45.4 Å².